The molecule has 1 aromatic rings. The van der Waals surface area contributed by atoms with Crippen LogP contribution in [0.25, 0.3) is 0 Å². The summed E-state index contributed by atoms with van der Waals surface area (Å²) in [4.78, 5) is 0. The van der Waals surface area contributed by atoms with Gasteiger partial charge >= 0.3 is 0 Å². The van der Waals surface area contributed by atoms with Crippen molar-refractivity contribution in [2.24, 2.45) is 0 Å². The average molecular weight is 157 g/mol. The molecule has 1 nitrogen and oxygen atoms in total. The molecule has 1 atom stereocenters. The zero-order chi connectivity index (χ0) is 7.40. The number of hydrogen-bond acceptors (Lipinski definition) is 1. The van der Waals surface area contributed by atoms with Gasteiger partial charge in [-0.2, -0.15) is 0 Å². The summed E-state index contributed by atoms with van der Waals surface area (Å²) < 4.78 is 0. The second kappa shape index (κ2) is 3.59. The van der Waals surface area contributed by atoms with Gasteiger partial charge in [0.2, 0.25) is 0 Å². The maximum Gasteiger partial charge on any atom is 0.0925 e. The standard InChI is InChI=1S/C8H9ClO/c9-6-8(10)7-4-2-1-3-5-7/h1-5,8,10H,6H2/t8-/m0/s1. The molecule has 1 N–H and O–H groups in total. The lowest BCUT2D eigenvalue weighted by Crippen LogP contribution is -1.96. The Labute approximate surface area is 65.3 Å². The third-order valence-electron chi connectivity index (χ3n) is 1.33. The van der Waals surface area contributed by atoms with E-state index in [1.807, 2.05) is 30.3 Å². The lowest BCUT2D eigenvalue weighted by Gasteiger charge is -2.04. The molecular weight excluding hydrogens is 148 g/mol. The van der Waals surface area contributed by atoms with E-state index in [9.17, 15) is 5.11 Å². The summed E-state index contributed by atoms with van der Waals surface area (Å²) in [6, 6.07) is 9.38. The van der Waals surface area contributed by atoms with Crippen molar-refractivity contribution in [3.05, 3.63) is 35.9 Å². The van der Waals surface area contributed by atoms with Crippen LogP contribution in [0.2, 0.25) is 0 Å². The fourth-order valence-corrected chi connectivity index (χ4v) is 0.942. The van der Waals surface area contributed by atoms with E-state index < -0.39 is 6.10 Å². The molecule has 0 aliphatic carbocycles. The van der Waals surface area contributed by atoms with E-state index in [2.05, 4.69) is 0 Å². The van der Waals surface area contributed by atoms with Crippen LogP contribution in [0.3, 0.4) is 0 Å². The first-order valence-corrected chi connectivity index (χ1v) is 3.67. The van der Waals surface area contributed by atoms with E-state index in [1.54, 1.807) is 0 Å². The number of halogens is 1. The second-order valence-electron chi connectivity index (χ2n) is 2.08. The Balaban J connectivity index is 2.75. The third kappa shape index (κ3) is 1.72. The van der Waals surface area contributed by atoms with Crippen molar-refractivity contribution >= 4 is 11.6 Å². The summed E-state index contributed by atoms with van der Waals surface area (Å²) in [6.07, 6.45) is -0.525. The zero-order valence-corrected chi connectivity index (χ0v) is 6.25. The lowest BCUT2D eigenvalue weighted by molar-refractivity contribution is 0.202. The highest BCUT2D eigenvalue weighted by atomic mass is 35.5. The van der Waals surface area contributed by atoms with Gasteiger partial charge in [0.05, 0.1) is 12.0 Å². The Morgan fingerprint density at radius 1 is 1.30 bits per heavy atom. The van der Waals surface area contributed by atoms with Crippen molar-refractivity contribution in [3.8, 4) is 0 Å². The average Bonchev–Trinajstić information content (AvgIpc) is 2.05. The van der Waals surface area contributed by atoms with E-state index in [0.717, 1.165) is 5.56 Å². The molecule has 0 saturated carbocycles. The van der Waals surface area contributed by atoms with Crippen molar-refractivity contribution in [1.82, 2.24) is 0 Å². The Kier molecular flexibility index (Phi) is 2.72. The Morgan fingerprint density at radius 3 is 2.40 bits per heavy atom. The number of benzene rings is 1. The number of alkyl halides is 1. The van der Waals surface area contributed by atoms with Crippen molar-refractivity contribution in [2.45, 2.75) is 6.10 Å². The smallest absolute Gasteiger partial charge is 0.0925 e. The summed E-state index contributed by atoms with van der Waals surface area (Å²) in [6.45, 7) is 0. The van der Waals surface area contributed by atoms with Crippen LogP contribution in [-0.2, 0) is 0 Å². The van der Waals surface area contributed by atoms with Crippen LogP contribution >= 0.6 is 11.6 Å². The topological polar surface area (TPSA) is 20.2 Å². The van der Waals surface area contributed by atoms with Gasteiger partial charge in [-0.05, 0) is 5.56 Å². The Hall–Kier alpha value is -0.530. The summed E-state index contributed by atoms with van der Waals surface area (Å²) in [7, 11) is 0. The molecular formula is C8H9ClO. The van der Waals surface area contributed by atoms with E-state index >= 15 is 0 Å². The van der Waals surface area contributed by atoms with E-state index in [1.165, 1.54) is 0 Å². The van der Waals surface area contributed by atoms with Gasteiger partial charge in [-0.25, -0.2) is 0 Å². The molecule has 10 heavy (non-hydrogen) atoms. The maximum atomic E-state index is 9.20. The number of rotatable bonds is 2. The SMILES string of the molecule is O[C@@H](CCl)c1ccccc1. The highest BCUT2D eigenvalue weighted by molar-refractivity contribution is 6.18. The van der Waals surface area contributed by atoms with Crippen LogP contribution in [0.1, 0.15) is 11.7 Å². The Morgan fingerprint density at radius 2 is 1.90 bits per heavy atom. The molecule has 1 rings (SSSR count). The molecule has 0 aliphatic heterocycles. The first kappa shape index (κ1) is 7.58. The predicted molar refractivity (Wildman–Crippen MR) is 42.1 cm³/mol. The molecule has 2 heteroatoms. The minimum absolute atomic E-state index is 0.254. The zero-order valence-electron chi connectivity index (χ0n) is 5.50. The van der Waals surface area contributed by atoms with Gasteiger partial charge in [0, 0.05) is 0 Å². The third-order valence-corrected chi connectivity index (χ3v) is 1.62. The summed E-state index contributed by atoms with van der Waals surface area (Å²) in [5.41, 5.74) is 0.873. The van der Waals surface area contributed by atoms with Crippen LogP contribution in [0, 0.1) is 0 Å². The quantitative estimate of drug-likeness (QED) is 0.649. The van der Waals surface area contributed by atoms with Crippen LogP contribution in [0.4, 0.5) is 0 Å². The van der Waals surface area contributed by atoms with Crippen LogP contribution in [0.15, 0.2) is 30.3 Å². The molecule has 0 aliphatic rings. The first-order chi connectivity index (χ1) is 4.84. The van der Waals surface area contributed by atoms with E-state index in [0.29, 0.717) is 0 Å². The Bertz CT molecular complexity index is 186. The molecule has 0 bridgehead atoms. The largest absolute Gasteiger partial charge is 0.387 e. The van der Waals surface area contributed by atoms with E-state index in [-0.39, 0.29) is 5.88 Å². The fourth-order valence-electron chi connectivity index (χ4n) is 0.764. The molecule has 0 radical (unpaired) electrons. The summed E-state index contributed by atoms with van der Waals surface area (Å²) >= 11 is 5.44. The van der Waals surface area contributed by atoms with Crippen LogP contribution in [-0.4, -0.2) is 11.0 Å². The predicted octanol–water partition coefficient (Wildman–Crippen LogP) is 1.96. The monoisotopic (exact) mass is 156 g/mol. The molecule has 0 fully saturated rings. The number of hydrogen-bond donors (Lipinski definition) is 1. The molecule has 0 aromatic heterocycles. The van der Waals surface area contributed by atoms with Crippen molar-refractivity contribution in [3.63, 3.8) is 0 Å². The summed E-state index contributed by atoms with van der Waals surface area (Å²) in [5.74, 6) is 0.254. The van der Waals surface area contributed by atoms with Gasteiger partial charge in [-0.15, -0.1) is 11.6 Å². The minimum Gasteiger partial charge on any atom is -0.387 e. The second-order valence-corrected chi connectivity index (χ2v) is 2.39. The lowest BCUT2D eigenvalue weighted by atomic mass is 10.1. The highest BCUT2D eigenvalue weighted by Gasteiger charge is 2.02. The maximum absolute atomic E-state index is 9.20. The molecule has 0 saturated heterocycles. The van der Waals surface area contributed by atoms with Crippen molar-refractivity contribution in [2.75, 3.05) is 5.88 Å². The first-order valence-electron chi connectivity index (χ1n) is 3.13. The molecule has 0 unspecified atom stereocenters. The van der Waals surface area contributed by atoms with Gasteiger partial charge in [-0.3, -0.25) is 0 Å². The number of aliphatic hydroxyl groups is 1. The molecule has 1 aromatic carbocycles. The molecule has 54 valence electrons. The number of aliphatic hydroxyl groups excluding tert-OH is 1. The van der Waals surface area contributed by atoms with Crippen molar-refractivity contribution < 1.29 is 5.11 Å². The van der Waals surface area contributed by atoms with Gasteiger partial charge in [0.25, 0.3) is 0 Å². The van der Waals surface area contributed by atoms with E-state index in [4.69, 9.17) is 11.6 Å². The molecule has 0 amide bonds. The van der Waals surface area contributed by atoms with Gasteiger partial charge in [0.1, 0.15) is 0 Å². The van der Waals surface area contributed by atoms with Gasteiger partial charge < -0.3 is 5.11 Å². The normalized spacial score (nSPS) is 13.0. The van der Waals surface area contributed by atoms with Crippen molar-refractivity contribution in [1.29, 1.82) is 0 Å². The van der Waals surface area contributed by atoms with Gasteiger partial charge in [-0.1, -0.05) is 30.3 Å². The molecule has 0 spiro atoms. The molecule has 0 heterocycles. The van der Waals surface area contributed by atoms with Gasteiger partial charge in [0.15, 0.2) is 0 Å². The summed E-state index contributed by atoms with van der Waals surface area (Å²) in [5, 5.41) is 9.20. The highest BCUT2D eigenvalue weighted by Crippen LogP contribution is 2.12. The minimum atomic E-state index is -0.525. The van der Waals surface area contributed by atoms with Crippen LogP contribution < -0.4 is 0 Å². The van der Waals surface area contributed by atoms with Crippen LogP contribution in [0.5, 0.6) is 0 Å². The fraction of sp³-hybridized carbons (Fsp3) is 0.250.